The van der Waals surface area contributed by atoms with E-state index in [2.05, 4.69) is 6.08 Å². The molecule has 0 aromatic heterocycles. The molecule has 0 spiro atoms. The Morgan fingerprint density at radius 1 is 1.06 bits per heavy atom. The van der Waals surface area contributed by atoms with E-state index in [1.54, 1.807) is 12.1 Å². The van der Waals surface area contributed by atoms with Crippen LogP contribution in [0.5, 0.6) is 0 Å². The Hall–Kier alpha value is -1.44. The van der Waals surface area contributed by atoms with Crippen LogP contribution in [-0.2, 0) is 4.79 Å². The van der Waals surface area contributed by atoms with Crippen molar-refractivity contribution in [3.05, 3.63) is 41.7 Å². The SMILES string of the molecule is O=C1C(c2ccc(F)cc2)=CC2C1[C@H]1CC[C@@H]2C1. The minimum atomic E-state index is -0.245. The van der Waals surface area contributed by atoms with Crippen molar-refractivity contribution in [1.29, 1.82) is 0 Å². The van der Waals surface area contributed by atoms with E-state index in [1.807, 2.05) is 0 Å². The Labute approximate surface area is 106 Å². The molecule has 4 atom stereocenters. The maximum absolute atomic E-state index is 12.9. The fraction of sp³-hybridized carbons (Fsp3) is 0.438. The zero-order chi connectivity index (χ0) is 12.3. The highest BCUT2D eigenvalue weighted by Gasteiger charge is 2.53. The van der Waals surface area contributed by atoms with Crippen LogP contribution in [0.2, 0.25) is 0 Å². The third-order valence-electron chi connectivity index (χ3n) is 5.06. The normalized spacial score (nSPS) is 36.9. The maximum atomic E-state index is 12.9. The Bertz CT molecular complexity index is 543. The number of allylic oxidation sites excluding steroid dienone is 2. The lowest BCUT2D eigenvalue weighted by Crippen LogP contribution is -2.23. The molecule has 2 bridgehead atoms. The molecule has 4 rings (SSSR count). The van der Waals surface area contributed by atoms with Crippen LogP contribution in [0.1, 0.15) is 24.8 Å². The first-order valence-corrected chi connectivity index (χ1v) is 6.76. The van der Waals surface area contributed by atoms with Crippen LogP contribution in [0.25, 0.3) is 5.57 Å². The summed E-state index contributed by atoms with van der Waals surface area (Å²) in [7, 11) is 0. The van der Waals surface area contributed by atoms with Crippen molar-refractivity contribution in [3.63, 3.8) is 0 Å². The van der Waals surface area contributed by atoms with Gasteiger partial charge in [0.25, 0.3) is 0 Å². The zero-order valence-electron chi connectivity index (χ0n) is 10.1. The first-order chi connectivity index (χ1) is 8.74. The van der Waals surface area contributed by atoms with Gasteiger partial charge in [-0.1, -0.05) is 18.2 Å². The molecule has 2 saturated carbocycles. The molecule has 0 N–H and O–H groups in total. The van der Waals surface area contributed by atoms with Crippen LogP contribution in [0.3, 0.4) is 0 Å². The van der Waals surface area contributed by atoms with E-state index in [4.69, 9.17) is 0 Å². The van der Waals surface area contributed by atoms with E-state index in [9.17, 15) is 9.18 Å². The summed E-state index contributed by atoms with van der Waals surface area (Å²) < 4.78 is 12.9. The summed E-state index contributed by atoms with van der Waals surface area (Å²) in [6, 6.07) is 6.32. The van der Waals surface area contributed by atoms with E-state index in [0.29, 0.717) is 17.6 Å². The third-order valence-corrected chi connectivity index (χ3v) is 5.06. The number of fused-ring (bicyclic) bond motifs is 5. The minimum absolute atomic E-state index is 0.240. The standard InChI is InChI=1S/C16H15FO/c17-12-5-3-9(4-6-12)14-8-13-10-1-2-11(7-10)15(13)16(14)18/h3-6,8,10-11,13,15H,1-2,7H2/t10-,11+,13?,15?/m1/s1. The fourth-order valence-electron chi connectivity index (χ4n) is 4.29. The topological polar surface area (TPSA) is 17.1 Å². The van der Waals surface area contributed by atoms with Crippen LogP contribution in [0.15, 0.2) is 30.3 Å². The fourth-order valence-corrected chi connectivity index (χ4v) is 4.29. The van der Waals surface area contributed by atoms with Crippen LogP contribution in [0, 0.1) is 29.5 Å². The molecule has 0 aliphatic heterocycles. The summed E-state index contributed by atoms with van der Waals surface area (Å²) in [6.07, 6.45) is 5.92. The highest BCUT2D eigenvalue weighted by atomic mass is 19.1. The first kappa shape index (κ1) is 10.5. The van der Waals surface area contributed by atoms with E-state index in [0.717, 1.165) is 17.1 Å². The number of Topliss-reactive ketones (excluding diaryl/α,β-unsaturated/α-hetero) is 1. The van der Waals surface area contributed by atoms with Crippen molar-refractivity contribution in [2.45, 2.75) is 19.3 Å². The molecular weight excluding hydrogens is 227 g/mol. The minimum Gasteiger partial charge on any atom is -0.294 e. The molecule has 2 unspecified atom stereocenters. The Morgan fingerprint density at radius 3 is 2.50 bits per heavy atom. The number of rotatable bonds is 1. The highest BCUT2D eigenvalue weighted by Crippen LogP contribution is 2.57. The molecule has 0 heterocycles. The first-order valence-electron chi connectivity index (χ1n) is 6.76. The van der Waals surface area contributed by atoms with E-state index in [-0.39, 0.29) is 11.7 Å². The number of halogens is 1. The van der Waals surface area contributed by atoms with Gasteiger partial charge in [0.05, 0.1) is 0 Å². The number of hydrogen-bond donors (Lipinski definition) is 0. The van der Waals surface area contributed by atoms with Crippen molar-refractivity contribution in [3.8, 4) is 0 Å². The predicted octanol–water partition coefficient (Wildman–Crippen LogP) is 3.45. The summed E-state index contributed by atoms with van der Waals surface area (Å²) >= 11 is 0. The van der Waals surface area contributed by atoms with Gasteiger partial charge in [-0.25, -0.2) is 4.39 Å². The van der Waals surface area contributed by atoms with E-state index in [1.165, 1.54) is 31.4 Å². The Balaban J connectivity index is 1.73. The molecule has 1 nitrogen and oxygen atoms in total. The zero-order valence-corrected chi connectivity index (χ0v) is 10.1. The molecule has 2 fully saturated rings. The van der Waals surface area contributed by atoms with E-state index < -0.39 is 0 Å². The molecule has 18 heavy (non-hydrogen) atoms. The largest absolute Gasteiger partial charge is 0.294 e. The maximum Gasteiger partial charge on any atom is 0.167 e. The molecule has 0 saturated heterocycles. The van der Waals surface area contributed by atoms with Crippen molar-refractivity contribution in [1.82, 2.24) is 0 Å². The molecule has 0 radical (unpaired) electrons. The molecule has 1 aromatic carbocycles. The van der Waals surface area contributed by atoms with Gasteiger partial charge in [-0.05, 0) is 54.7 Å². The number of benzene rings is 1. The highest BCUT2D eigenvalue weighted by molar-refractivity contribution is 6.24. The predicted molar refractivity (Wildman–Crippen MR) is 67.2 cm³/mol. The van der Waals surface area contributed by atoms with Gasteiger partial charge in [0.15, 0.2) is 5.78 Å². The van der Waals surface area contributed by atoms with Crippen LogP contribution in [-0.4, -0.2) is 5.78 Å². The van der Waals surface area contributed by atoms with Gasteiger partial charge in [-0.15, -0.1) is 0 Å². The van der Waals surface area contributed by atoms with Gasteiger partial charge in [0.2, 0.25) is 0 Å². The second-order valence-corrected chi connectivity index (χ2v) is 5.89. The van der Waals surface area contributed by atoms with E-state index >= 15 is 0 Å². The molecule has 3 aliphatic carbocycles. The lowest BCUT2D eigenvalue weighted by Gasteiger charge is -2.22. The van der Waals surface area contributed by atoms with Crippen LogP contribution in [0.4, 0.5) is 4.39 Å². The Kier molecular flexibility index (Phi) is 2.06. The van der Waals surface area contributed by atoms with Gasteiger partial charge in [-0.3, -0.25) is 4.79 Å². The average Bonchev–Trinajstić information content (AvgIpc) is 3.03. The van der Waals surface area contributed by atoms with Gasteiger partial charge < -0.3 is 0 Å². The number of hydrogen-bond acceptors (Lipinski definition) is 1. The number of carbonyl (C=O) groups is 1. The summed E-state index contributed by atoms with van der Waals surface area (Å²) in [5, 5.41) is 0. The lowest BCUT2D eigenvalue weighted by molar-refractivity contribution is -0.118. The molecule has 3 aliphatic rings. The molecule has 1 aromatic rings. The summed E-state index contributed by atoms with van der Waals surface area (Å²) in [5.74, 6) is 2.10. The van der Waals surface area contributed by atoms with Crippen molar-refractivity contribution >= 4 is 11.4 Å². The monoisotopic (exact) mass is 242 g/mol. The summed E-state index contributed by atoms with van der Waals surface area (Å²) in [6.45, 7) is 0. The molecule has 0 amide bonds. The Morgan fingerprint density at radius 2 is 1.78 bits per heavy atom. The second-order valence-electron chi connectivity index (χ2n) is 5.89. The van der Waals surface area contributed by atoms with Gasteiger partial charge >= 0.3 is 0 Å². The molecule has 2 heteroatoms. The van der Waals surface area contributed by atoms with Gasteiger partial charge in [0.1, 0.15) is 5.82 Å². The van der Waals surface area contributed by atoms with Crippen molar-refractivity contribution < 1.29 is 9.18 Å². The quantitative estimate of drug-likeness (QED) is 0.737. The van der Waals surface area contributed by atoms with Crippen molar-refractivity contribution in [2.75, 3.05) is 0 Å². The van der Waals surface area contributed by atoms with Crippen LogP contribution >= 0.6 is 0 Å². The van der Waals surface area contributed by atoms with Crippen LogP contribution < -0.4 is 0 Å². The number of carbonyl (C=O) groups excluding carboxylic acids is 1. The van der Waals surface area contributed by atoms with Gasteiger partial charge in [-0.2, -0.15) is 0 Å². The molecule has 92 valence electrons. The third kappa shape index (κ3) is 1.29. The number of ketones is 1. The average molecular weight is 242 g/mol. The van der Waals surface area contributed by atoms with Crippen molar-refractivity contribution in [2.24, 2.45) is 23.7 Å². The lowest BCUT2D eigenvalue weighted by atomic mass is 9.81. The van der Waals surface area contributed by atoms with Gasteiger partial charge in [0, 0.05) is 11.5 Å². The smallest absolute Gasteiger partial charge is 0.167 e. The molecular formula is C16H15FO. The summed E-state index contributed by atoms with van der Waals surface area (Å²) in [4.78, 5) is 12.5. The second kappa shape index (κ2) is 3.53. The summed E-state index contributed by atoms with van der Waals surface area (Å²) in [5.41, 5.74) is 1.72.